The molecule has 2 aliphatic heterocycles. The molecular formula is C116H80N2O12. The van der Waals surface area contributed by atoms with Crippen molar-refractivity contribution >= 4 is 157 Å². The second-order valence-corrected chi connectivity index (χ2v) is 36.8. The van der Waals surface area contributed by atoms with Crippen LogP contribution < -0.4 is 28.7 Å². The largest absolute Gasteiger partial charge is 0.508 e. The number of aromatic hydroxyl groups is 4. The van der Waals surface area contributed by atoms with Gasteiger partial charge in [0.2, 0.25) is 0 Å². The van der Waals surface area contributed by atoms with Gasteiger partial charge in [-0.05, 0) is 337 Å². The van der Waals surface area contributed by atoms with Gasteiger partial charge in [-0.15, -0.1) is 0 Å². The molecule has 6 aliphatic carbocycles. The summed E-state index contributed by atoms with van der Waals surface area (Å²) in [6.07, 6.45) is 17.8. The summed E-state index contributed by atoms with van der Waals surface area (Å²) in [5, 5.41) is 54.0. The molecule has 14 nitrogen and oxygen atoms in total. The highest BCUT2D eigenvalue weighted by Crippen LogP contribution is 2.67. The molecule has 17 aromatic rings. The summed E-state index contributed by atoms with van der Waals surface area (Å²) in [7, 11) is 0. The monoisotopic (exact) mass is 1690 g/mol. The van der Waals surface area contributed by atoms with Gasteiger partial charge in [-0.1, -0.05) is 165 Å². The summed E-state index contributed by atoms with van der Waals surface area (Å²) in [4.78, 5) is 66.6. The topological polar surface area (TPSA) is 193 Å². The van der Waals surface area contributed by atoms with Crippen LogP contribution >= 0.6 is 0 Å². The molecule has 25 rings (SSSR count). The van der Waals surface area contributed by atoms with Crippen molar-refractivity contribution in [1.29, 1.82) is 0 Å². The van der Waals surface area contributed by atoms with Crippen molar-refractivity contribution in [2.75, 3.05) is 9.80 Å². The quantitative estimate of drug-likeness (QED) is 0.0458. The first kappa shape index (κ1) is 76.4. The molecule has 0 unspecified atom stereocenters. The third-order valence-corrected chi connectivity index (χ3v) is 28.1. The summed E-state index contributed by atoms with van der Waals surface area (Å²) in [5.41, 5.74) is 22.3. The van der Waals surface area contributed by atoms with Gasteiger partial charge in [0.05, 0.1) is 33.6 Å². The molecule has 0 saturated heterocycles. The van der Waals surface area contributed by atoms with E-state index in [0.29, 0.717) is 112 Å². The lowest BCUT2D eigenvalue weighted by atomic mass is 9.62. The minimum absolute atomic E-state index is 0.0390. The molecule has 130 heavy (non-hydrogen) atoms. The Balaban J connectivity index is 0.612. The van der Waals surface area contributed by atoms with Crippen molar-refractivity contribution in [3.8, 4) is 91.2 Å². The number of hydrogen-bond acceptors (Lipinski definition) is 12. The highest BCUT2D eigenvalue weighted by molar-refractivity contribution is 6.46. The number of fused-ring (bicyclic) bond motifs is 14. The van der Waals surface area contributed by atoms with E-state index in [1.165, 1.54) is 20.9 Å². The lowest BCUT2D eigenvalue weighted by Crippen LogP contribution is -2.42. The van der Waals surface area contributed by atoms with E-state index in [9.17, 15) is 20.4 Å². The number of phenols is 4. The zero-order valence-corrected chi connectivity index (χ0v) is 72.0. The predicted octanol–water partition coefficient (Wildman–Crippen LogP) is 29.1. The summed E-state index contributed by atoms with van der Waals surface area (Å²) in [5.74, 6) is 1.08. The van der Waals surface area contributed by atoms with Crippen molar-refractivity contribution in [2.24, 2.45) is 11.8 Å². The Morgan fingerprint density at radius 1 is 0.262 bits per heavy atom. The Hall–Kier alpha value is -16.1. The predicted molar refractivity (Wildman–Crippen MR) is 518 cm³/mol. The molecule has 0 bridgehead atoms. The Morgan fingerprint density at radius 3 is 0.877 bits per heavy atom. The number of para-hydroxylation sites is 2. The molecule has 0 radical (unpaired) electrons. The van der Waals surface area contributed by atoms with E-state index in [1.807, 2.05) is 48.5 Å². The number of hydrogen-bond donors (Lipinski definition) is 4. The third kappa shape index (κ3) is 11.0. The number of ether oxygens (including phenoxy) is 4. The minimum Gasteiger partial charge on any atom is -0.508 e. The molecule has 0 spiro atoms. The highest BCUT2D eigenvalue weighted by Gasteiger charge is 2.51. The number of rotatable bonds is 14. The number of nitrogens with zero attached hydrogens (tertiary/aromatic N) is 2. The molecule has 4 N–H and O–H groups in total. The Morgan fingerprint density at radius 2 is 0.546 bits per heavy atom. The van der Waals surface area contributed by atoms with Crippen LogP contribution in [0.2, 0.25) is 0 Å². The fourth-order valence-electron chi connectivity index (χ4n) is 22.3. The van der Waals surface area contributed by atoms with Gasteiger partial charge in [0.1, 0.15) is 69.0 Å². The number of carbonyl (C=O) groups excluding carboxylic acids is 4. The molecule has 8 aliphatic rings. The van der Waals surface area contributed by atoms with Crippen LogP contribution in [0.1, 0.15) is 187 Å². The molecular weight excluding hydrogens is 1610 g/mol. The van der Waals surface area contributed by atoms with Crippen LogP contribution in [0, 0.1) is 11.8 Å². The van der Waals surface area contributed by atoms with Gasteiger partial charge >= 0.3 is 0 Å². The summed E-state index contributed by atoms with van der Waals surface area (Å²) >= 11 is 0. The number of phenolic OH excluding ortho intramolecular Hbond substituents is 4. The van der Waals surface area contributed by atoms with Gasteiger partial charge in [0.25, 0.3) is 23.6 Å². The fourth-order valence-corrected chi connectivity index (χ4v) is 22.3. The Labute approximate surface area is 746 Å². The van der Waals surface area contributed by atoms with Gasteiger partial charge in [-0.3, -0.25) is 19.2 Å². The summed E-state index contributed by atoms with van der Waals surface area (Å²) < 4.78 is 28.3. The number of anilines is 2. The summed E-state index contributed by atoms with van der Waals surface area (Å²) in [6.45, 7) is 16.6. The van der Waals surface area contributed by atoms with Crippen molar-refractivity contribution in [3.63, 3.8) is 0 Å². The number of carbonyl (C=O) groups is 4. The van der Waals surface area contributed by atoms with Crippen molar-refractivity contribution in [3.05, 3.63) is 344 Å². The van der Waals surface area contributed by atoms with E-state index in [-0.39, 0.29) is 58.5 Å². The zero-order chi connectivity index (χ0) is 88.3. The Kier molecular flexibility index (Phi) is 16.3. The molecule has 626 valence electrons. The van der Waals surface area contributed by atoms with Crippen molar-refractivity contribution in [1.82, 2.24) is 0 Å². The van der Waals surface area contributed by atoms with E-state index in [1.54, 1.807) is 109 Å². The highest BCUT2D eigenvalue weighted by atomic mass is 16.5. The smallest absolute Gasteiger partial charge is 0.266 e. The fraction of sp³-hybridized carbons (Fsp3) is 0.121. The van der Waals surface area contributed by atoms with Gasteiger partial charge in [0.15, 0.2) is 0 Å². The number of allylic oxidation sites excluding steroid dienone is 8. The molecule has 0 saturated carbocycles. The number of benzene rings is 17. The standard InChI is InChI=1S/C116H80N2O12/c1-55(2)75-11-9-12-76(56(3)4)111(75)117-113(123)91-51-95(127-71-27-19-67(119)20-28-71)105-83-39-35-79-87-47-63-43-59-15-17-61-45-65-49-89-81-37-41-85-102-86(108-98(130-74-33-25-70(122)26-34-74)54-94-104-93(53-97(107(85)110(104)108)129-73-31-23-69(121)24-32-73)115(125)118(116(94)126)112-77(57(5)6)13-10-14-78(112)58(7)8)42-38-82(100(81)102)90(89)50-66(65)46-62(61)18-16-60(59)44-64(63)48-88(87)80-36-40-84(101(83)99(79)80)106-96(128-72-29-21-68(120)22-30-72)52-92(114(117)124)103(91)109(105)106/h9-58,99,101,119-122H,1-8H3. The van der Waals surface area contributed by atoms with Crippen LogP contribution in [-0.4, -0.2) is 44.1 Å². The van der Waals surface area contributed by atoms with E-state index in [4.69, 9.17) is 18.9 Å². The van der Waals surface area contributed by atoms with Gasteiger partial charge in [-0.25, -0.2) is 9.80 Å². The second-order valence-electron chi connectivity index (χ2n) is 36.8. The van der Waals surface area contributed by atoms with Gasteiger partial charge in [0, 0.05) is 55.3 Å². The van der Waals surface area contributed by atoms with Crippen molar-refractivity contribution in [2.45, 2.75) is 79.1 Å². The summed E-state index contributed by atoms with van der Waals surface area (Å²) in [6, 6.07) is 72.6. The second kappa shape index (κ2) is 27.7. The van der Waals surface area contributed by atoms with Crippen LogP contribution in [0.5, 0.6) is 69.0 Å². The van der Waals surface area contributed by atoms with Crippen LogP contribution in [0.4, 0.5) is 11.4 Å². The van der Waals surface area contributed by atoms with Crippen LogP contribution in [0.25, 0.3) is 144 Å². The normalized spacial score (nSPS) is 15.8. The van der Waals surface area contributed by atoms with Crippen LogP contribution in [-0.2, 0) is 0 Å². The van der Waals surface area contributed by atoms with E-state index < -0.39 is 23.6 Å². The SMILES string of the molecule is CC(C)c1cccc(C(C)C)c1N1C(=O)c2cc(Oc3ccc(O)cc3)c3c4c(c(Oc5ccc(O)cc5)cc(c24)C1=O)C1=CC=C2c4cc5cc6c(cc5cc4C4=CC=C3C1C42)C=Cc1cc2cc3c(cc2cc1C=C6)-c1ccc2c4c(Oc5ccc(O)cc5)cc5c6c(cc(Oc7ccc(O)cc7)c(c7ccc-3c1c72)c64)C(=O)N(c1c(C(C)C)cccc1C(C)C)C5=O. The lowest BCUT2D eigenvalue weighted by molar-refractivity contribution is 0.0877. The van der Waals surface area contributed by atoms with Gasteiger partial charge < -0.3 is 39.4 Å². The lowest BCUT2D eigenvalue weighted by Gasteiger charge is -2.42. The minimum atomic E-state index is -0.476. The maximum Gasteiger partial charge on any atom is 0.266 e. The number of imide groups is 2. The maximum atomic E-state index is 16.0. The Bertz CT molecular complexity index is 7880. The first-order valence-corrected chi connectivity index (χ1v) is 44.4. The average molecular weight is 1690 g/mol. The first-order valence-electron chi connectivity index (χ1n) is 44.4. The molecule has 2 heterocycles. The molecule has 0 aromatic heterocycles. The van der Waals surface area contributed by atoms with Crippen LogP contribution in [0.3, 0.4) is 0 Å². The zero-order valence-electron chi connectivity index (χ0n) is 72.0. The molecule has 17 aromatic carbocycles. The molecule has 14 heteroatoms. The maximum absolute atomic E-state index is 16.0. The van der Waals surface area contributed by atoms with Crippen LogP contribution in [0.15, 0.2) is 255 Å². The molecule has 0 fully saturated rings. The van der Waals surface area contributed by atoms with E-state index in [2.05, 4.69) is 177 Å². The van der Waals surface area contributed by atoms with E-state index >= 15 is 19.2 Å². The molecule has 4 amide bonds. The average Bonchev–Trinajstić information content (AvgIpc) is 0.939. The third-order valence-electron chi connectivity index (χ3n) is 28.1. The van der Waals surface area contributed by atoms with Gasteiger partial charge in [-0.2, -0.15) is 0 Å². The first-order chi connectivity index (χ1) is 63.0. The van der Waals surface area contributed by atoms with Crippen molar-refractivity contribution < 1.29 is 58.6 Å². The van der Waals surface area contributed by atoms with E-state index in [0.717, 1.165) is 143 Å². The molecule has 0 atom stereocenters. The number of amides is 4.